The Hall–Kier alpha value is -1.94. The molecule has 1 aliphatic heterocycles. The molecule has 0 saturated heterocycles. The molecule has 0 radical (unpaired) electrons. The Morgan fingerprint density at radius 2 is 1.95 bits per heavy atom. The molecule has 2 aromatic carbocycles. The fraction of sp³-hybridized carbons (Fsp3) is 0.250. The third-order valence-electron chi connectivity index (χ3n) is 3.22. The molecule has 0 fully saturated rings. The first-order valence-electron chi connectivity index (χ1n) is 6.80. The van der Waals surface area contributed by atoms with Crippen LogP contribution >= 0.6 is 11.6 Å². The minimum absolute atomic E-state index is 0.280. The van der Waals surface area contributed by atoms with Gasteiger partial charge in [-0.15, -0.1) is 0 Å². The molecule has 0 atom stereocenters. The van der Waals surface area contributed by atoms with Crippen LogP contribution in [0.4, 0.5) is 10.1 Å². The zero-order valence-corrected chi connectivity index (χ0v) is 12.1. The van der Waals surface area contributed by atoms with Crippen molar-refractivity contribution < 1.29 is 13.9 Å². The van der Waals surface area contributed by atoms with E-state index < -0.39 is 0 Å². The topological polar surface area (TPSA) is 30.5 Å². The summed E-state index contributed by atoms with van der Waals surface area (Å²) in [4.78, 5) is 0. The molecule has 21 heavy (non-hydrogen) atoms. The van der Waals surface area contributed by atoms with E-state index in [4.69, 9.17) is 21.1 Å². The van der Waals surface area contributed by atoms with Gasteiger partial charge in [0.2, 0.25) is 0 Å². The molecule has 1 aliphatic rings. The highest BCUT2D eigenvalue weighted by Crippen LogP contribution is 2.38. The maximum Gasteiger partial charge on any atom is 0.179 e. The van der Waals surface area contributed by atoms with Crippen molar-refractivity contribution in [3.05, 3.63) is 52.8 Å². The molecule has 0 aromatic heterocycles. The van der Waals surface area contributed by atoms with Gasteiger partial charge in [0.25, 0.3) is 0 Å². The predicted molar refractivity (Wildman–Crippen MR) is 80.8 cm³/mol. The minimum atomic E-state index is -0.280. The first-order chi connectivity index (χ1) is 10.2. The first-order valence-corrected chi connectivity index (χ1v) is 7.18. The third-order valence-corrected chi connectivity index (χ3v) is 3.50. The van der Waals surface area contributed by atoms with Crippen LogP contribution < -0.4 is 14.8 Å². The Labute approximate surface area is 127 Å². The van der Waals surface area contributed by atoms with Crippen molar-refractivity contribution in [2.45, 2.75) is 13.0 Å². The molecule has 1 heterocycles. The van der Waals surface area contributed by atoms with Crippen molar-refractivity contribution >= 4 is 17.3 Å². The highest BCUT2D eigenvalue weighted by atomic mass is 35.5. The lowest BCUT2D eigenvalue weighted by atomic mass is 10.2. The molecule has 0 unspecified atom stereocenters. The maximum atomic E-state index is 13.6. The fourth-order valence-corrected chi connectivity index (χ4v) is 2.48. The number of ether oxygens (including phenoxy) is 2. The average molecular weight is 308 g/mol. The Balaban J connectivity index is 1.79. The van der Waals surface area contributed by atoms with E-state index in [1.54, 1.807) is 18.2 Å². The Morgan fingerprint density at radius 3 is 2.81 bits per heavy atom. The number of hydrogen-bond donors (Lipinski definition) is 1. The second-order valence-electron chi connectivity index (χ2n) is 4.79. The highest BCUT2D eigenvalue weighted by molar-refractivity contribution is 6.32. The second-order valence-corrected chi connectivity index (χ2v) is 5.20. The normalized spacial score (nSPS) is 13.6. The monoisotopic (exact) mass is 307 g/mol. The molecule has 3 rings (SSSR count). The van der Waals surface area contributed by atoms with Gasteiger partial charge in [0.05, 0.1) is 23.9 Å². The lowest BCUT2D eigenvalue weighted by Crippen LogP contribution is -2.02. The molecular weight excluding hydrogens is 293 g/mol. The number of fused-ring (bicyclic) bond motifs is 1. The van der Waals surface area contributed by atoms with Crippen molar-refractivity contribution in [3.63, 3.8) is 0 Å². The molecule has 0 saturated carbocycles. The van der Waals surface area contributed by atoms with Crippen LogP contribution in [0.2, 0.25) is 5.02 Å². The zero-order valence-electron chi connectivity index (χ0n) is 11.4. The Bertz CT molecular complexity index is 648. The van der Waals surface area contributed by atoms with Gasteiger partial charge in [-0.1, -0.05) is 23.7 Å². The number of hydrogen-bond acceptors (Lipinski definition) is 3. The summed E-state index contributed by atoms with van der Waals surface area (Å²) in [6.07, 6.45) is 0.827. The van der Waals surface area contributed by atoms with Gasteiger partial charge in [0, 0.05) is 13.0 Å². The maximum absolute atomic E-state index is 13.6. The molecule has 110 valence electrons. The molecule has 0 bridgehead atoms. The van der Waals surface area contributed by atoms with Crippen molar-refractivity contribution in [1.29, 1.82) is 0 Å². The quantitative estimate of drug-likeness (QED) is 0.919. The van der Waals surface area contributed by atoms with Gasteiger partial charge in [-0.2, -0.15) is 0 Å². The van der Waals surface area contributed by atoms with Crippen molar-refractivity contribution in [3.8, 4) is 11.5 Å². The molecule has 0 aliphatic carbocycles. The van der Waals surface area contributed by atoms with Crippen LogP contribution in [-0.2, 0) is 6.54 Å². The number of nitrogens with one attached hydrogen (secondary N) is 1. The van der Waals surface area contributed by atoms with E-state index in [2.05, 4.69) is 5.32 Å². The van der Waals surface area contributed by atoms with E-state index in [0.29, 0.717) is 42.0 Å². The zero-order chi connectivity index (χ0) is 14.7. The fourth-order valence-electron chi connectivity index (χ4n) is 2.19. The highest BCUT2D eigenvalue weighted by Gasteiger charge is 2.15. The summed E-state index contributed by atoms with van der Waals surface area (Å²) in [6, 6.07) is 10.2. The van der Waals surface area contributed by atoms with E-state index in [-0.39, 0.29) is 5.82 Å². The molecule has 2 aromatic rings. The van der Waals surface area contributed by atoms with E-state index >= 15 is 0 Å². The SMILES string of the molecule is Fc1ccccc1NCc1cc(Cl)c2c(c1)OCCCO2. The van der Waals surface area contributed by atoms with Crippen LogP contribution in [0, 0.1) is 5.82 Å². The summed E-state index contributed by atoms with van der Waals surface area (Å²) in [5.41, 5.74) is 1.37. The van der Waals surface area contributed by atoms with Crippen LogP contribution in [0.15, 0.2) is 36.4 Å². The van der Waals surface area contributed by atoms with Gasteiger partial charge < -0.3 is 14.8 Å². The minimum Gasteiger partial charge on any atom is -0.489 e. The van der Waals surface area contributed by atoms with Crippen molar-refractivity contribution in [2.24, 2.45) is 0 Å². The Kier molecular flexibility index (Phi) is 4.15. The van der Waals surface area contributed by atoms with Gasteiger partial charge in [-0.05, 0) is 29.8 Å². The van der Waals surface area contributed by atoms with Crippen molar-refractivity contribution in [2.75, 3.05) is 18.5 Å². The molecular formula is C16H15ClFNO2. The summed E-state index contributed by atoms with van der Waals surface area (Å²) in [6.45, 7) is 1.66. The number of benzene rings is 2. The van der Waals surface area contributed by atoms with Crippen LogP contribution in [-0.4, -0.2) is 13.2 Å². The largest absolute Gasteiger partial charge is 0.489 e. The molecule has 1 N–H and O–H groups in total. The van der Waals surface area contributed by atoms with Crippen molar-refractivity contribution in [1.82, 2.24) is 0 Å². The summed E-state index contributed by atoms with van der Waals surface area (Å²) < 4.78 is 24.8. The lowest BCUT2D eigenvalue weighted by molar-refractivity contribution is 0.297. The smallest absolute Gasteiger partial charge is 0.179 e. The summed E-state index contributed by atoms with van der Waals surface area (Å²) in [5, 5.41) is 3.56. The number of anilines is 1. The van der Waals surface area contributed by atoms with Crippen LogP contribution in [0.5, 0.6) is 11.5 Å². The number of halogens is 2. The summed E-state index contributed by atoms with van der Waals surface area (Å²) in [5.74, 6) is 0.951. The van der Waals surface area contributed by atoms with Gasteiger partial charge in [-0.3, -0.25) is 0 Å². The molecule has 0 amide bonds. The van der Waals surface area contributed by atoms with Gasteiger partial charge in [0.15, 0.2) is 11.5 Å². The summed E-state index contributed by atoms with van der Waals surface area (Å²) in [7, 11) is 0. The number of rotatable bonds is 3. The van der Waals surface area contributed by atoms with Gasteiger partial charge in [0.1, 0.15) is 5.82 Å². The van der Waals surface area contributed by atoms with Crippen LogP contribution in [0.3, 0.4) is 0 Å². The van der Waals surface area contributed by atoms with Crippen LogP contribution in [0.25, 0.3) is 0 Å². The summed E-state index contributed by atoms with van der Waals surface area (Å²) >= 11 is 6.23. The lowest BCUT2D eigenvalue weighted by Gasteiger charge is -2.13. The van der Waals surface area contributed by atoms with E-state index in [9.17, 15) is 4.39 Å². The number of para-hydroxylation sites is 1. The molecule has 3 nitrogen and oxygen atoms in total. The predicted octanol–water partition coefficient (Wildman–Crippen LogP) is 4.25. The van der Waals surface area contributed by atoms with E-state index in [1.807, 2.05) is 12.1 Å². The molecule has 5 heteroatoms. The van der Waals surface area contributed by atoms with Crippen LogP contribution in [0.1, 0.15) is 12.0 Å². The second kappa shape index (κ2) is 6.22. The average Bonchev–Trinajstić information content (AvgIpc) is 2.72. The third kappa shape index (κ3) is 3.22. The van der Waals surface area contributed by atoms with Gasteiger partial charge in [-0.25, -0.2) is 4.39 Å². The molecule has 0 spiro atoms. The van der Waals surface area contributed by atoms with Gasteiger partial charge >= 0.3 is 0 Å². The first kappa shape index (κ1) is 14.0. The standard InChI is InChI=1S/C16H15ClFNO2/c17-12-8-11(9-15-16(12)21-7-3-6-20-15)10-19-14-5-2-1-4-13(14)18/h1-2,4-5,8-9,19H,3,6-7,10H2. The van der Waals surface area contributed by atoms with E-state index in [0.717, 1.165) is 12.0 Å². The Morgan fingerprint density at radius 1 is 1.14 bits per heavy atom. The van der Waals surface area contributed by atoms with E-state index in [1.165, 1.54) is 6.07 Å².